The summed E-state index contributed by atoms with van der Waals surface area (Å²) in [6, 6.07) is 25.1. The number of nitrogens with zero attached hydrogens (tertiary/aromatic N) is 3. The van der Waals surface area contributed by atoms with Crippen LogP contribution in [-0.4, -0.2) is 121 Å². The molecule has 6 heterocycles. The maximum absolute atomic E-state index is 14.5. The van der Waals surface area contributed by atoms with Gasteiger partial charge in [0, 0.05) is 54.0 Å². The summed E-state index contributed by atoms with van der Waals surface area (Å²) in [6.45, 7) is 1.31. The average molecular weight is 1280 g/mol. The molecule has 9 aromatic rings. The Labute approximate surface area is 526 Å². The molecule has 3 saturated carbocycles. The first-order valence-corrected chi connectivity index (χ1v) is 29.6. The predicted octanol–water partition coefficient (Wildman–Crippen LogP) is 8.83. The van der Waals surface area contributed by atoms with Crippen molar-refractivity contribution in [1.29, 1.82) is 0 Å². The monoisotopic (exact) mass is 1270 g/mol. The molecule has 0 unspecified atom stereocenters. The van der Waals surface area contributed by atoms with E-state index in [0.29, 0.717) is 105 Å². The molecule has 3 aliphatic heterocycles. The molecule has 1 saturated heterocycles. The SMILES string of the molecule is NCC1(C(=O)Nc2cc3c(/C=C/c4ccc(F)cc4)n[nH]c3cc2F)CC1.NCC1(C(=O)O)CC1.O=C(Nc1cc2c(/C=C/c3ccc4c(c3)OCO4)n[nH]c2cc1F)C1(O)CC1.O=C(Nc1cc2c(/C=C/c3ccc4c(c3)OCO4)n[nH]c2cc1F)[C@@H]1C[C@@H](O)CN1. The third kappa shape index (κ3) is 14.1. The van der Waals surface area contributed by atoms with Crippen LogP contribution in [0, 0.1) is 34.1 Å². The number of halogens is 4. The maximum atomic E-state index is 14.5. The lowest BCUT2D eigenvalue weighted by molar-refractivity contribution is -0.142. The minimum atomic E-state index is -1.38. The van der Waals surface area contributed by atoms with E-state index in [0.717, 1.165) is 42.4 Å². The number of carboxylic acid groups (broad SMARTS) is 1. The Hall–Kier alpha value is -10.5. The first-order chi connectivity index (χ1) is 44.8. The van der Waals surface area contributed by atoms with Gasteiger partial charge in [-0.1, -0.05) is 42.5 Å². The van der Waals surface area contributed by atoms with Gasteiger partial charge < -0.3 is 67.0 Å². The quantitative estimate of drug-likeness (QED) is 0.0426. The Bertz CT molecular complexity index is 4460. The fraction of sp³-hybridized carbons (Fsp3) is 0.258. The largest absolute Gasteiger partial charge is 0.481 e. The number of carboxylic acids is 1. The third-order valence-corrected chi connectivity index (χ3v) is 16.8. The molecule has 0 spiro atoms. The first-order valence-electron chi connectivity index (χ1n) is 29.6. The summed E-state index contributed by atoms with van der Waals surface area (Å²) in [5, 5.41) is 61.5. The van der Waals surface area contributed by atoms with Gasteiger partial charge in [-0.15, -0.1) is 0 Å². The number of nitrogens with two attached hydrogens (primary N) is 2. The van der Waals surface area contributed by atoms with E-state index in [4.69, 9.17) is 35.5 Å². The van der Waals surface area contributed by atoms with Gasteiger partial charge in [0.15, 0.2) is 23.0 Å². The maximum Gasteiger partial charge on any atom is 0.310 e. The summed E-state index contributed by atoms with van der Waals surface area (Å²) < 4.78 is 77.4. The Morgan fingerprint density at radius 3 is 1.35 bits per heavy atom. The lowest BCUT2D eigenvalue weighted by atomic mass is 10.1. The van der Waals surface area contributed by atoms with Crippen molar-refractivity contribution in [1.82, 2.24) is 35.9 Å². The fourth-order valence-electron chi connectivity index (χ4n) is 10.3. The molecule has 0 radical (unpaired) electrons. The highest BCUT2D eigenvalue weighted by Gasteiger charge is 2.50. The smallest absolute Gasteiger partial charge is 0.310 e. The van der Waals surface area contributed by atoms with Crippen LogP contribution in [0.2, 0.25) is 0 Å². The van der Waals surface area contributed by atoms with Gasteiger partial charge in [-0.3, -0.25) is 34.5 Å². The van der Waals surface area contributed by atoms with Crippen LogP contribution < -0.4 is 51.7 Å². The van der Waals surface area contributed by atoms with E-state index in [2.05, 4.69) is 51.9 Å². The minimum absolute atomic E-state index is 0.0111. The zero-order valence-electron chi connectivity index (χ0n) is 49.5. The number of hydrogen-bond acceptors (Lipinski definition) is 16. The number of carbonyl (C=O) groups excluding carboxylic acids is 3. The number of anilines is 3. The number of fused-ring (bicyclic) bond motifs is 5. The summed E-state index contributed by atoms with van der Waals surface area (Å²) in [5.41, 5.74) is 14.5. The lowest BCUT2D eigenvalue weighted by Gasteiger charge is -2.13. The van der Waals surface area contributed by atoms with Crippen LogP contribution in [0.3, 0.4) is 0 Å². The van der Waals surface area contributed by atoms with Gasteiger partial charge >= 0.3 is 5.97 Å². The number of nitrogens with one attached hydrogen (secondary N) is 7. The molecular weight excluding hydrogens is 1210 g/mol. The number of aliphatic hydroxyl groups is 2. The van der Waals surface area contributed by atoms with Crippen molar-refractivity contribution in [3.8, 4) is 23.0 Å². The molecule has 6 aromatic carbocycles. The molecule has 14 N–H and O–H groups in total. The van der Waals surface area contributed by atoms with Crippen molar-refractivity contribution in [3.63, 3.8) is 0 Å². The average Bonchev–Trinajstić information content (AvgIpc) is 2.36. The molecule has 0 bridgehead atoms. The molecule has 4 fully saturated rings. The number of ether oxygens (including phenoxy) is 4. The van der Waals surface area contributed by atoms with Crippen LogP contribution in [0.15, 0.2) is 97.1 Å². The van der Waals surface area contributed by atoms with Crippen LogP contribution in [0.1, 0.15) is 78.7 Å². The highest BCUT2D eigenvalue weighted by atomic mass is 19.1. The second-order valence-corrected chi connectivity index (χ2v) is 23.3. The molecule has 15 rings (SSSR count). The Kier molecular flexibility index (Phi) is 17.6. The van der Waals surface area contributed by atoms with E-state index in [9.17, 15) is 47.0 Å². The van der Waals surface area contributed by atoms with E-state index >= 15 is 0 Å². The van der Waals surface area contributed by atoms with E-state index in [1.54, 1.807) is 48.6 Å². The topological polar surface area (TPSA) is 352 Å². The fourth-order valence-corrected chi connectivity index (χ4v) is 10.3. The van der Waals surface area contributed by atoms with Gasteiger partial charge in [0.2, 0.25) is 25.4 Å². The molecule has 93 heavy (non-hydrogen) atoms. The van der Waals surface area contributed by atoms with Gasteiger partial charge in [0.1, 0.15) is 28.9 Å². The molecule has 3 amide bonds. The minimum Gasteiger partial charge on any atom is -0.481 e. The second kappa shape index (κ2) is 26.0. The van der Waals surface area contributed by atoms with Crippen LogP contribution in [0.5, 0.6) is 23.0 Å². The number of β-amino-alcohol motifs (C(OH)–C–C–N with tert-alkyl or cyclic N) is 1. The van der Waals surface area contributed by atoms with E-state index in [1.807, 2.05) is 48.6 Å². The lowest BCUT2D eigenvalue weighted by Crippen LogP contribution is -2.35. The van der Waals surface area contributed by atoms with Gasteiger partial charge in [0.25, 0.3) is 5.91 Å². The van der Waals surface area contributed by atoms with E-state index in [1.165, 1.54) is 36.4 Å². The Balaban J connectivity index is 0.000000126. The van der Waals surface area contributed by atoms with Crippen LogP contribution in [0.25, 0.3) is 69.2 Å². The number of aliphatic hydroxyl groups excluding tert-OH is 1. The van der Waals surface area contributed by atoms with E-state index < -0.39 is 57.9 Å². The van der Waals surface area contributed by atoms with Crippen LogP contribution >= 0.6 is 0 Å². The summed E-state index contributed by atoms with van der Waals surface area (Å²) >= 11 is 0. The summed E-state index contributed by atoms with van der Waals surface area (Å²) in [5.74, 6) is -1.20. The third-order valence-electron chi connectivity index (χ3n) is 16.8. The van der Waals surface area contributed by atoms with Crippen molar-refractivity contribution in [2.75, 3.05) is 49.2 Å². The number of aromatic nitrogens is 6. The molecule has 3 aliphatic carbocycles. The first kappa shape index (κ1) is 62.7. The molecule has 6 aliphatic rings. The molecule has 27 heteroatoms. The second-order valence-electron chi connectivity index (χ2n) is 23.3. The number of carbonyl (C=O) groups is 4. The number of benzene rings is 6. The number of rotatable bonds is 15. The van der Waals surface area contributed by atoms with E-state index in [-0.39, 0.29) is 54.8 Å². The van der Waals surface area contributed by atoms with Gasteiger partial charge in [0.05, 0.1) is 73.7 Å². The summed E-state index contributed by atoms with van der Waals surface area (Å²) in [6.07, 6.45) is 14.3. The molecular formula is C66H62F4N12O11. The van der Waals surface area contributed by atoms with Crippen LogP contribution in [0.4, 0.5) is 34.6 Å². The van der Waals surface area contributed by atoms with Crippen molar-refractivity contribution in [2.24, 2.45) is 22.3 Å². The number of aliphatic carboxylic acids is 1. The Morgan fingerprint density at radius 2 is 0.957 bits per heavy atom. The predicted molar refractivity (Wildman–Crippen MR) is 338 cm³/mol. The zero-order chi connectivity index (χ0) is 65.2. The van der Waals surface area contributed by atoms with Crippen molar-refractivity contribution in [3.05, 3.63) is 154 Å². The number of H-pyrrole nitrogens is 3. The van der Waals surface area contributed by atoms with Gasteiger partial charge in [-0.25, -0.2) is 17.6 Å². The summed E-state index contributed by atoms with van der Waals surface area (Å²) in [4.78, 5) is 47.0. The highest BCUT2D eigenvalue weighted by Crippen LogP contribution is 2.46. The number of aromatic amines is 3. The highest BCUT2D eigenvalue weighted by molar-refractivity contribution is 6.03. The van der Waals surface area contributed by atoms with Crippen molar-refractivity contribution < 1.29 is 71.0 Å². The Morgan fingerprint density at radius 1 is 0.538 bits per heavy atom. The molecule has 2 atom stereocenters. The van der Waals surface area contributed by atoms with Gasteiger partial charge in [-0.2, -0.15) is 15.3 Å². The molecule has 3 aromatic heterocycles. The number of hydrogen-bond donors (Lipinski definition) is 12. The van der Waals surface area contributed by atoms with Crippen LogP contribution in [-0.2, 0) is 19.2 Å². The summed E-state index contributed by atoms with van der Waals surface area (Å²) in [7, 11) is 0. The normalized spacial score (nSPS) is 18.0. The van der Waals surface area contributed by atoms with Crippen molar-refractivity contribution >= 4 is 110 Å². The number of amides is 3. The molecule has 23 nitrogen and oxygen atoms in total. The van der Waals surface area contributed by atoms with Crippen molar-refractivity contribution in [2.45, 2.75) is 62.7 Å². The zero-order valence-corrected chi connectivity index (χ0v) is 49.5. The van der Waals surface area contributed by atoms with Gasteiger partial charge in [-0.05, 0) is 134 Å². The standard InChI is InChI=1S/C21H19FN4O4.C20H18F2N4O.C20H16FN3O4.C5H9NO2/c22-14-8-16-13(7-17(14)24-21(28)18-6-12(27)9-23-18)15(25-26-16)3-1-11-2-4-19-20(5-11)30-10-29-19;21-13-4-1-12(2-5-13)3-6-16-14-9-18(15(22)10-17(14)26-25-16)24-19(27)20(11-23)7-8-20;21-13-9-15-12(8-16(13)22-19(25)20(26)5-6-20)14(23-24-15)3-1-11-2-4-17-18(7-11)28-10-27-17;6-3-5(1-2-5)4(7)8/h1-5,7-8,12,18,23,27H,6,9-10H2,(H,24,28)(H,25,26);1-6,9-10H,7-8,11,23H2,(H,24,27)(H,25,26);1-4,7-9,26H,5-6,10H2,(H,22,25)(H,23,24);1-3,6H2,(H,7,8)/b3-1+;6-3+;3-1+;/t12-,18+;;;/m1.../s1. The molecule has 480 valence electrons.